The number of carbonyl (C=O) groups is 1. The van der Waals surface area contributed by atoms with Gasteiger partial charge in [0.1, 0.15) is 0 Å². The summed E-state index contributed by atoms with van der Waals surface area (Å²) in [5, 5.41) is 11.9. The van der Waals surface area contributed by atoms with E-state index < -0.39 is 0 Å². The van der Waals surface area contributed by atoms with Crippen molar-refractivity contribution in [3.8, 4) is 22.0 Å². The van der Waals surface area contributed by atoms with E-state index in [1.165, 1.54) is 0 Å². The van der Waals surface area contributed by atoms with Gasteiger partial charge in [-0.2, -0.15) is 5.10 Å². The summed E-state index contributed by atoms with van der Waals surface area (Å²) in [6.45, 7) is 0. The van der Waals surface area contributed by atoms with Crippen molar-refractivity contribution in [1.29, 1.82) is 0 Å². The lowest BCUT2D eigenvalue weighted by atomic mass is 10.1. The van der Waals surface area contributed by atoms with E-state index >= 15 is 0 Å². The van der Waals surface area contributed by atoms with E-state index in [2.05, 4.69) is 25.5 Å². The first-order valence-electron chi connectivity index (χ1n) is 7.58. The van der Waals surface area contributed by atoms with E-state index in [1.54, 1.807) is 35.9 Å². The molecule has 0 bridgehead atoms. The summed E-state index contributed by atoms with van der Waals surface area (Å²) in [5.74, 6) is 0.230. The second-order valence-corrected chi connectivity index (χ2v) is 6.19. The smallest absolute Gasteiger partial charge is 0.256 e. The van der Waals surface area contributed by atoms with E-state index in [0.717, 1.165) is 16.3 Å². The van der Waals surface area contributed by atoms with E-state index in [4.69, 9.17) is 0 Å². The van der Waals surface area contributed by atoms with Crippen LogP contribution >= 0.6 is 11.3 Å². The lowest BCUT2D eigenvalue weighted by Gasteiger charge is -2.04. The molecule has 4 rings (SSSR count). The van der Waals surface area contributed by atoms with Gasteiger partial charge in [0.15, 0.2) is 5.82 Å². The maximum absolute atomic E-state index is 12.5. The quantitative estimate of drug-likeness (QED) is 0.587. The van der Waals surface area contributed by atoms with Crippen molar-refractivity contribution < 1.29 is 4.79 Å². The average Bonchev–Trinajstić information content (AvgIpc) is 3.34. The number of thiophene rings is 1. The van der Waals surface area contributed by atoms with Gasteiger partial charge in [-0.3, -0.25) is 19.9 Å². The summed E-state index contributed by atoms with van der Waals surface area (Å²) in [6, 6.07) is 14.7. The van der Waals surface area contributed by atoms with Crippen molar-refractivity contribution >= 4 is 23.1 Å². The monoisotopic (exact) mass is 347 g/mol. The SMILES string of the molecule is O=C(Nc1cc(-c2cccs2)[nH]n1)c1ccnc(-c2ccccn2)c1. The number of anilines is 1. The Labute approximate surface area is 147 Å². The van der Waals surface area contributed by atoms with Crippen LogP contribution in [0, 0.1) is 0 Å². The maximum Gasteiger partial charge on any atom is 0.256 e. The molecule has 0 unspecified atom stereocenters. The van der Waals surface area contributed by atoms with E-state index in [0.29, 0.717) is 17.1 Å². The van der Waals surface area contributed by atoms with Crippen LogP contribution in [0.25, 0.3) is 22.0 Å². The van der Waals surface area contributed by atoms with Gasteiger partial charge in [0.25, 0.3) is 5.91 Å². The molecule has 4 aromatic heterocycles. The molecule has 0 aliphatic rings. The number of amides is 1. The molecule has 7 heteroatoms. The van der Waals surface area contributed by atoms with Crippen molar-refractivity contribution in [3.05, 3.63) is 71.9 Å². The van der Waals surface area contributed by atoms with Crippen molar-refractivity contribution in [2.24, 2.45) is 0 Å². The predicted octanol–water partition coefficient (Wildman–Crippen LogP) is 3.85. The first-order valence-corrected chi connectivity index (χ1v) is 8.46. The lowest BCUT2D eigenvalue weighted by Crippen LogP contribution is -2.12. The fourth-order valence-electron chi connectivity index (χ4n) is 2.36. The number of aromatic amines is 1. The highest BCUT2D eigenvalue weighted by Gasteiger charge is 2.11. The van der Waals surface area contributed by atoms with Crippen LogP contribution in [0.5, 0.6) is 0 Å². The van der Waals surface area contributed by atoms with E-state index in [-0.39, 0.29) is 5.91 Å². The molecule has 4 aromatic rings. The summed E-state index contributed by atoms with van der Waals surface area (Å²) in [6.07, 6.45) is 3.29. The maximum atomic E-state index is 12.5. The molecule has 0 aliphatic heterocycles. The molecule has 0 spiro atoms. The van der Waals surface area contributed by atoms with Crippen LogP contribution in [0.15, 0.2) is 66.3 Å². The number of aromatic nitrogens is 4. The van der Waals surface area contributed by atoms with Gasteiger partial charge in [0.05, 0.1) is 22.0 Å². The zero-order chi connectivity index (χ0) is 17.1. The third-order valence-corrected chi connectivity index (χ3v) is 4.46. The fraction of sp³-hybridized carbons (Fsp3) is 0. The Bertz CT molecular complexity index is 995. The van der Waals surface area contributed by atoms with Gasteiger partial charge in [0, 0.05) is 24.0 Å². The zero-order valence-electron chi connectivity index (χ0n) is 13.0. The normalized spacial score (nSPS) is 10.6. The standard InChI is InChI=1S/C18H13N5OS/c24-18(21-17-11-15(22-23-17)16-5-3-9-25-16)12-6-8-20-14(10-12)13-4-1-2-7-19-13/h1-11H,(H2,21,22,23,24). The Hall–Kier alpha value is -3.32. The van der Waals surface area contributed by atoms with Crippen molar-refractivity contribution in [1.82, 2.24) is 20.2 Å². The summed E-state index contributed by atoms with van der Waals surface area (Å²) >= 11 is 1.61. The second kappa shape index (κ2) is 6.66. The van der Waals surface area contributed by atoms with Crippen LogP contribution in [0.1, 0.15) is 10.4 Å². The van der Waals surface area contributed by atoms with Gasteiger partial charge < -0.3 is 5.32 Å². The highest BCUT2D eigenvalue weighted by molar-refractivity contribution is 7.13. The Morgan fingerprint density at radius 3 is 2.72 bits per heavy atom. The third-order valence-electron chi connectivity index (χ3n) is 3.56. The molecule has 0 aliphatic carbocycles. The molecular weight excluding hydrogens is 334 g/mol. The van der Waals surface area contributed by atoms with Crippen LogP contribution < -0.4 is 5.32 Å². The highest BCUT2D eigenvalue weighted by Crippen LogP contribution is 2.24. The van der Waals surface area contributed by atoms with Crippen molar-refractivity contribution in [3.63, 3.8) is 0 Å². The van der Waals surface area contributed by atoms with Gasteiger partial charge in [-0.1, -0.05) is 12.1 Å². The van der Waals surface area contributed by atoms with Crippen molar-refractivity contribution in [2.75, 3.05) is 5.32 Å². The molecule has 4 heterocycles. The summed E-state index contributed by atoms with van der Waals surface area (Å²) in [7, 11) is 0. The number of nitrogens with one attached hydrogen (secondary N) is 2. The number of nitrogens with zero attached hydrogens (tertiary/aromatic N) is 3. The zero-order valence-corrected chi connectivity index (χ0v) is 13.8. The molecule has 6 nitrogen and oxygen atoms in total. The number of H-pyrrole nitrogens is 1. The topological polar surface area (TPSA) is 83.6 Å². The molecular formula is C18H13N5OS. The predicted molar refractivity (Wildman–Crippen MR) is 97.3 cm³/mol. The number of pyridine rings is 2. The third kappa shape index (κ3) is 3.31. The molecule has 0 radical (unpaired) electrons. The largest absolute Gasteiger partial charge is 0.305 e. The van der Waals surface area contributed by atoms with Crippen LogP contribution in [-0.2, 0) is 0 Å². The van der Waals surface area contributed by atoms with Crippen molar-refractivity contribution in [2.45, 2.75) is 0 Å². The highest BCUT2D eigenvalue weighted by atomic mass is 32.1. The lowest BCUT2D eigenvalue weighted by molar-refractivity contribution is 0.102. The van der Waals surface area contributed by atoms with Crippen LogP contribution in [-0.4, -0.2) is 26.1 Å². The summed E-state index contributed by atoms with van der Waals surface area (Å²) in [5.41, 5.74) is 2.73. The molecule has 1 amide bonds. The fourth-order valence-corrected chi connectivity index (χ4v) is 3.05. The Kier molecular flexibility index (Phi) is 4.05. The average molecular weight is 347 g/mol. The minimum absolute atomic E-state index is 0.246. The van der Waals surface area contributed by atoms with Crippen LogP contribution in [0.3, 0.4) is 0 Å². The molecule has 0 saturated heterocycles. The summed E-state index contributed by atoms with van der Waals surface area (Å²) in [4.78, 5) is 22.1. The molecule has 122 valence electrons. The first-order chi connectivity index (χ1) is 12.3. The van der Waals surface area contributed by atoms with Gasteiger partial charge in [0.2, 0.25) is 0 Å². The molecule has 0 fully saturated rings. The number of carbonyl (C=O) groups excluding carboxylic acids is 1. The number of rotatable bonds is 4. The van der Waals surface area contributed by atoms with Gasteiger partial charge in [-0.25, -0.2) is 0 Å². The minimum atomic E-state index is -0.246. The van der Waals surface area contributed by atoms with Crippen LogP contribution in [0.4, 0.5) is 5.82 Å². The minimum Gasteiger partial charge on any atom is -0.305 e. The number of hydrogen-bond donors (Lipinski definition) is 2. The summed E-state index contributed by atoms with van der Waals surface area (Å²) < 4.78 is 0. The first kappa shape index (κ1) is 15.2. The van der Waals surface area contributed by atoms with Crippen LogP contribution in [0.2, 0.25) is 0 Å². The molecule has 0 atom stereocenters. The Morgan fingerprint density at radius 2 is 1.92 bits per heavy atom. The second-order valence-electron chi connectivity index (χ2n) is 5.24. The molecule has 25 heavy (non-hydrogen) atoms. The van der Waals surface area contributed by atoms with Gasteiger partial charge in [-0.05, 0) is 35.7 Å². The molecule has 2 N–H and O–H groups in total. The van der Waals surface area contributed by atoms with E-state index in [9.17, 15) is 4.79 Å². The van der Waals surface area contributed by atoms with Gasteiger partial charge in [-0.15, -0.1) is 11.3 Å². The Balaban J connectivity index is 1.54. The number of hydrogen-bond acceptors (Lipinski definition) is 5. The molecule has 0 saturated carbocycles. The van der Waals surface area contributed by atoms with Gasteiger partial charge >= 0.3 is 0 Å². The Morgan fingerprint density at radius 1 is 1.00 bits per heavy atom. The van der Waals surface area contributed by atoms with E-state index in [1.807, 2.05) is 41.8 Å². The molecule has 0 aromatic carbocycles.